The van der Waals surface area contributed by atoms with E-state index in [2.05, 4.69) is 63.7 Å². The fraction of sp³-hybridized carbons (Fsp3) is 0.200. The van der Waals surface area contributed by atoms with E-state index in [1.165, 1.54) is 10.8 Å². The molecular formula is C20H20BrNO2. The Morgan fingerprint density at radius 3 is 2.58 bits per heavy atom. The third-order valence-corrected chi connectivity index (χ3v) is 4.63. The number of benzene rings is 3. The van der Waals surface area contributed by atoms with E-state index in [-0.39, 0.29) is 0 Å². The first-order valence-corrected chi connectivity index (χ1v) is 8.73. The van der Waals surface area contributed by atoms with E-state index in [0.29, 0.717) is 13.2 Å². The summed E-state index contributed by atoms with van der Waals surface area (Å²) < 4.78 is 12.1. The topological polar surface area (TPSA) is 30.5 Å². The van der Waals surface area contributed by atoms with Gasteiger partial charge in [0.1, 0.15) is 0 Å². The largest absolute Gasteiger partial charge is 0.493 e. The van der Waals surface area contributed by atoms with Crippen molar-refractivity contribution in [3.8, 4) is 11.5 Å². The number of methoxy groups -OCH3 is 1. The van der Waals surface area contributed by atoms with Crippen molar-refractivity contribution in [3.63, 3.8) is 0 Å². The van der Waals surface area contributed by atoms with Crippen LogP contribution in [0.25, 0.3) is 10.8 Å². The van der Waals surface area contributed by atoms with Crippen molar-refractivity contribution < 1.29 is 9.47 Å². The van der Waals surface area contributed by atoms with E-state index in [0.717, 1.165) is 27.2 Å². The third-order valence-electron chi connectivity index (χ3n) is 3.89. The molecule has 0 heterocycles. The highest BCUT2D eigenvalue weighted by atomic mass is 79.9. The van der Waals surface area contributed by atoms with E-state index >= 15 is 0 Å². The van der Waals surface area contributed by atoms with Gasteiger partial charge in [-0.05, 0) is 36.1 Å². The second-order valence-corrected chi connectivity index (χ2v) is 6.26. The number of anilines is 1. The molecule has 0 radical (unpaired) electrons. The summed E-state index contributed by atoms with van der Waals surface area (Å²) in [6.45, 7) is 3.26. The van der Waals surface area contributed by atoms with Gasteiger partial charge < -0.3 is 14.8 Å². The molecule has 0 unspecified atom stereocenters. The molecule has 3 nitrogen and oxygen atoms in total. The Morgan fingerprint density at radius 1 is 1.00 bits per heavy atom. The monoisotopic (exact) mass is 385 g/mol. The van der Waals surface area contributed by atoms with Crippen LogP contribution >= 0.6 is 15.9 Å². The summed E-state index contributed by atoms with van der Waals surface area (Å²) >= 11 is 3.63. The van der Waals surface area contributed by atoms with Crippen molar-refractivity contribution in [3.05, 3.63) is 64.6 Å². The number of nitrogens with one attached hydrogen (secondary N) is 1. The second-order valence-electron chi connectivity index (χ2n) is 5.41. The predicted octanol–water partition coefficient (Wildman–Crippen LogP) is 5.62. The zero-order valence-corrected chi connectivity index (χ0v) is 15.4. The lowest BCUT2D eigenvalue weighted by molar-refractivity contribution is 0.310. The second kappa shape index (κ2) is 7.58. The van der Waals surface area contributed by atoms with E-state index in [4.69, 9.17) is 9.47 Å². The number of rotatable bonds is 6. The van der Waals surface area contributed by atoms with Gasteiger partial charge in [0.25, 0.3) is 0 Å². The zero-order chi connectivity index (χ0) is 16.9. The van der Waals surface area contributed by atoms with Crippen LogP contribution in [0, 0.1) is 0 Å². The van der Waals surface area contributed by atoms with Crippen LogP contribution in [-0.4, -0.2) is 13.7 Å². The molecule has 0 aliphatic rings. The van der Waals surface area contributed by atoms with E-state index in [1.807, 2.05) is 19.1 Å². The standard InChI is InChI=1S/C20H20BrNO2/c1-3-24-20-12-17(21)15(11-19(20)23-2)13-22-18-10-6-8-14-7-4-5-9-16(14)18/h4-12,22H,3,13H2,1-2H3. The van der Waals surface area contributed by atoms with Gasteiger partial charge in [-0.1, -0.05) is 52.3 Å². The lowest BCUT2D eigenvalue weighted by atomic mass is 10.1. The van der Waals surface area contributed by atoms with Crippen LogP contribution in [0.15, 0.2) is 59.1 Å². The Bertz CT molecular complexity index is 843. The molecule has 24 heavy (non-hydrogen) atoms. The number of hydrogen-bond acceptors (Lipinski definition) is 3. The predicted molar refractivity (Wildman–Crippen MR) is 103 cm³/mol. The van der Waals surface area contributed by atoms with Crippen LogP contribution < -0.4 is 14.8 Å². The maximum atomic E-state index is 5.61. The third kappa shape index (κ3) is 3.49. The van der Waals surface area contributed by atoms with Crippen LogP contribution in [-0.2, 0) is 6.54 Å². The summed E-state index contributed by atoms with van der Waals surface area (Å²) in [6.07, 6.45) is 0. The minimum Gasteiger partial charge on any atom is -0.493 e. The molecule has 4 heteroatoms. The molecule has 0 fully saturated rings. The summed E-state index contributed by atoms with van der Waals surface area (Å²) in [4.78, 5) is 0. The number of halogens is 1. The lowest BCUT2D eigenvalue weighted by Gasteiger charge is -2.15. The first kappa shape index (κ1) is 16.7. The molecule has 0 aromatic heterocycles. The minimum atomic E-state index is 0.608. The first-order valence-electron chi connectivity index (χ1n) is 7.93. The van der Waals surface area contributed by atoms with Crippen LogP contribution in [0.4, 0.5) is 5.69 Å². The summed E-state index contributed by atoms with van der Waals surface area (Å²) in [6, 6.07) is 18.6. The highest BCUT2D eigenvalue weighted by Crippen LogP contribution is 2.34. The minimum absolute atomic E-state index is 0.608. The number of ether oxygens (including phenoxy) is 2. The van der Waals surface area contributed by atoms with Gasteiger partial charge in [-0.15, -0.1) is 0 Å². The molecule has 0 amide bonds. The van der Waals surface area contributed by atoms with Gasteiger partial charge >= 0.3 is 0 Å². The fourth-order valence-corrected chi connectivity index (χ4v) is 3.17. The van der Waals surface area contributed by atoms with Crippen molar-refractivity contribution in [2.45, 2.75) is 13.5 Å². The smallest absolute Gasteiger partial charge is 0.162 e. The molecule has 3 aromatic carbocycles. The number of fused-ring (bicyclic) bond motifs is 1. The molecule has 3 aromatic rings. The Hall–Kier alpha value is -2.20. The van der Waals surface area contributed by atoms with Crippen molar-refractivity contribution >= 4 is 32.4 Å². The number of hydrogen-bond donors (Lipinski definition) is 1. The first-order chi connectivity index (χ1) is 11.7. The maximum absolute atomic E-state index is 5.61. The van der Waals surface area contributed by atoms with Crippen molar-refractivity contribution in [1.29, 1.82) is 0 Å². The van der Waals surface area contributed by atoms with Gasteiger partial charge in [0.05, 0.1) is 13.7 Å². The Labute approximate surface area is 150 Å². The van der Waals surface area contributed by atoms with E-state index in [1.54, 1.807) is 7.11 Å². The van der Waals surface area contributed by atoms with Crippen molar-refractivity contribution in [2.24, 2.45) is 0 Å². The van der Waals surface area contributed by atoms with Crippen molar-refractivity contribution in [1.82, 2.24) is 0 Å². The zero-order valence-electron chi connectivity index (χ0n) is 13.8. The van der Waals surface area contributed by atoms with Crippen LogP contribution in [0.1, 0.15) is 12.5 Å². The van der Waals surface area contributed by atoms with Gasteiger partial charge in [-0.25, -0.2) is 0 Å². The highest BCUT2D eigenvalue weighted by molar-refractivity contribution is 9.10. The molecule has 0 atom stereocenters. The van der Waals surface area contributed by atoms with Gasteiger partial charge in [0, 0.05) is 22.1 Å². The normalized spacial score (nSPS) is 10.6. The molecule has 0 aliphatic heterocycles. The van der Waals surface area contributed by atoms with Gasteiger partial charge in [-0.3, -0.25) is 0 Å². The quantitative estimate of drug-likeness (QED) is 0.596. The van der Waals surface area contributed by atoms with E-state index in [9.17, 15) is 0 Å². The molecule has 0 aliphatic carbocycles. The summed E-state index contributed by atoms with van der Waals surface area (Å²) in [7, 11) is 1.66. The molecule has 0 spiro atoms. The van der Waals surface area contributed by atoms with Gasteiger partial charge in [0.15, 0.2) is 11.5 Å². The molecule has 3 rings (SSSR count). The van der Waals surface area contributed by atoms with Gasteiger partial charge in [0.2, 0.25) is 0 Å². The Morgan fingerprint density at radius 2 is 1.79 bits per heavy atom. The average Bonchev–Trinajstić information content (AvgIpc) is 2.61. The van der Waals surface area contributed by atoms with Crippen LogP contribution in [0.5, 0.6) is 11.5 Å². The Balaban J connectivity index is 1.86. The maximum Gasteiger partial charge on any atom is 0.162 e. The summed E-state index contributed by atoms with van der Waals surface area (Å²) in [5.74, 6) is 1.50. The summed E-state index contributed by atoms with van der Waals surface area (Å²) in [5, 5.41) is 5.97. The molecule has 0 saturated heterocycles. The molecule has 0 saturated carbocycles. The Kier molecular flexibility index (Phi) is 5.26. The van der Waals surface area contributed by atoms with Gasteiger partial charge in [-0.2, -0.15) is 0 Å². The summed E-state index contributed by atoms with van der Waals surface area (Å²) in [5.41, 5.74) is 2.23. The molecular weight excluding hydrogens is 366 g/mol. The lowest BCUT2D eigenvalue weighted by Crippen LogP contribution is -2.03. The molecule has 0 bridgehead atoms. The average molecular weight is 386 g/mol. The van der Waals surface area contributed by atoms with Crippen LogP contribution in [0.2, 0.25) is 0 Å². The fourth-order valence-electron chi connectivity index (χ4n) is 2.71. The molecule has 1 N–H and O–H groups in total. The highest BCUT2D eigenvalue weighted by Gasteiger charge is 2.10. The SMILES string of the molecule is CCOc1cc(Br)c(CNc2cccc3ccccc23)cc1OC. The van der Waals surface area contributed by atoms with Crippen LogP contribution in [0.3, 0.4) is 0 Å². The van der Waals surface area contributed by atoms with Crippen molar-refractivity contribution in [2.75, 3.05) is 19.0 Å². The van der Waals surface area contributed by atoms with E-state index < -0.39 is 0 Å². The molecule has 124 valence electrons.